The lowest BCUT2D eigenvalue weighted by Crippen LogP contribution is -2.01. The van der Waals surface area contributed by atoms with Gasteiger partial charge in [-0.2, -0.15) is 4.98 Å². The van der Waals surface area contributed by atoms with E-state index in [9.17, 15) is 10.2 Å². The largest absolute Gasteiger partial charge is 0.508 e. The van der Waals surface area contributed by atoms with Crippen molar-refractivity contribution >= 4 is 10.9 Å². The first kappa shape index (κ1) is 14.5. The molecule has 4 aromatic rings. The highest BCUT2D eigenvalue weighted by molar-refractivity contribution is 5.83. The number of aliphatic hydroxyl groups is 1. The first-order valence-corrected chi connectivity index (χ1v) is 7.57. The number of aromatic amines is 1. The van der Waals surface area contributed by atoms with Crippen molar-refractivity contribution in [3.05, 3.63) is 66.2 Å². The number of aromatic nitrogens is 3. The van der Waals surface area contributed by atoms with E-state index in [1.165, 1.54) is 0 Å². The summed E-state index contributed by atoms with van der Waals surface area (Å²) < 4.78 is 5.19. The number of nitrogens with zero attached hydrogens (tertiary/aromatic N) is 2. The molecule has 0 saturated heterocycles. The lowest BCUT2D eigenvalue weighted by atomic mass is 10.1. The number of phenols is 1. The van der Waals surface area contributed by atoms with E-state index in [0.717, 1.165) is 16.5 Å². The summed E-state index contributed by atoms with van der Waals surface area (Å²) in [6.45, 7) is 0. The first-order valence-electron chi connectivity index (χ1n) is 7.57. The molecule has 0 bridgehead atoms. The molecule has 6 nitrogen and oxygen atoms in total. The summed E-state index contributed by atoms with van der Waals surface area (Å²) in [7, 11) is 0. The minimum Gasteiger partial charge on any atom is -0.508 e. The summed E-state index contributed by atoms with van der Waals surface area (Å²) in [5.41, 5.74) is 2.72. The Morgan fingerprint density at radius 2 is 1.88 bits per heavy atom. The second-order valence-electron chi connectivity index (χ2n) is 5.58. The quantitative estimate of drug-likeness (QED) is 0.536. The van der Waals surface area contributed by atoms with Gasteiger partial charge in [0.1, 0.15) is 11.9 Å². The Balaban J connectivity index is 1.57. The highest BCUT2D eigenvalue weighted by Gasteiger charge is 2.19. The fourth-order valence-corrected chi connectivity index (χ4v) is 2.69. The summed E-state index contributed by atoms with van der Waals surface area (Å²) in [6, 6.07) is 14.4. The lowest BCUT2D eigenvalue weighted by molar-refractivity contribution is 0.134. The molecule has 2 heterocycles. The van der Waals surface area contributed by atoms with Crippen molar-refractivity contribution in [3.63, 3.8) is 0 Å². The molecule has 0 amide bonds. The van der Waals surface area contributed by atoms with Gasteiger partial charge in [-0.15, -0.1) is 0 Å². The molecule has 0 radical (unpaired) electrons. The van der Waals surface area contributed by atoms with Crippen LogP contribution >= 0.6 is 0 Å². The zero-order valence-electron chi connectivity index (χ0n) is 12.7. The van der Waals surface area contributed by atoms with Gasteiger partial charge >= 0.3 is 0 Å². The molecule has 3 N–H and O–H groups in total. The van der Waals surface area contributed by atoms with E-state index in [0.29, 0.717) is 17.8 Å². The Morgan fingerprint density at radius 3 is 2.71 bits per heavy atom. The summed E-state index contributed by atoms with van der Waals surface area (Å²) >= 11 is 0. The SMILES string of the molecule is Oc1ccc(-c2noc(C(O)Cc3c[nH]c4ccccc34)n2)cc1. The molecule has 1 unspecified atom stereocenters. The van der Waals surface area contributed by atoms with E-state index < -0.39 is 6.10 Å². The van der Waals surface area contributed by atoms with Crippen LogP contribution in [0.3, 0.4) is 0 Å². The first-order chi connectivity index (χ1) is 11.7. The minimum atomic E-state index is -0.887. The van der Waals surface area contributed by atoms with Crippen LogP contribution in [0.4, 0.5) is 0 Å². The molecular formula is C18H15N3O3. The molecule has 6 heteroatoms. The summed E-state index contributed by atoms with van der Waals surface area (Å²) in [4.78, 5) is 7.43. The molecule has 24 heavy (non-hydrogen) atoms. The number of fused-ring (bicyclic) bond motifs is 1. The molecular weight excluding hydrogens is 306 g/mol. The molecule has 120 valence electrons. The number of benzene rings is 2. The molecule has 0 aliphatic carbocycles. The predicted octanol–water partition coefficient (Wildman–Crippen LogP) is 3.20. The van der Waals surface area contributed by atoms with Crippen molar-refractivity contribution in [2.24, 2.45) is 0 Å². The number of hydrogen-bond donors (Lipinski definition) is 3. The Hall–Kier alpha value is -3.12. The van der Waals surface area contributed by atoms with Crippen molar-refractivity contribution in [2.75, 3.05) is 0 Å². The van der Waals surface area contributed by atoms with Gasteiger partial charge < -0.3 is 19.7 Å². The lowest BCUT2D eigenvalue weighted by Gasteiger charge is -2.04. The highest BCUT2D eigenvalue weighted by atomic mass is 16.5. The van der Waals surface area contributed by atoms with Crippen molar-refractivity contribution < 1.29 is 14.7 Å². The fraction of sp³-hybridized carbons (Fsp3) is 0.111. The van der Waals surface area contributed by atoms with E-state index in [1.807, 2.05) is 30.5 Å². The normalized spacial score (nSPS) is 12.5. The summed E-state index contributed by atoms with van der Waals surface area (Å²) in [6.07, 6.45) is 1.37. The Kier molecular flexibility index (Phi) is 3.51. The maximum absolute atomic E-state index is 10.4. The highest BCUT2D eigenvalue weighted by Crippen LogP contribution is 2.25. The van der Waals surface area contributed by atoms with E-state index in [4.69, 9.17) is 4.52 Å². The van der Waals surface area contributed by atoms with Gasteiger partial charge in [0.25, 0.3) is 5.89 Å². The van der Waals surface area contributed by atoms with Crippen LogP contribution in [0.15, 0.2) is 59.3 Å². The second kappa shape index (κ2) is 5.82. The van der Waals surface area contributed by atoms with Gasteiger partial charge in [0, 0.05) is 29.1 Å². The van der Waals surface area contributed by atoms with Gasteiger partial charge in [0.15, 0.2) is 0 Å². The van der Waals surface area contributed by atoms with E-state index in [-0.39, 0.29) is 11.6 Å². The maximum atomic E-state index is 10.4. The van der Waals surface area contributed by atoms with Crippen molar-refractivity contribution in [1.29, 1.82) is 0 Å². The van der Waals surface area contributed by atoms with Gasteiger partial charge in [-0.05, 0) is 35.9 Å². The number of H-pyrrole nitrogens is 1. The average Bonchev–Trinajstić information content (AvgIpc) is 3.23. The van der Waals surface area contributed by atoms with Crippen LogP contribution in [0.1, 0.15) is 17.6 Å². The van der Waals surface area contributed by atoms with Gasteiger partial charge in [0.05, 0.1) is 0 Å². The minimum absolute atomic E-state index is 0.168. The summed E-state index contributed by atoms with van der Waals surface area (Å²) in [5, 5.41) is 24.7. The monoisotopic (exact) mass is 321 g/mol. The zero-order chi connectivity index (χ0) is 16.5. The molecule has 1 atom stereocenters. The predicted molar refractivity (Wildman–Crippen MR) is 88.4 cm³/mol. The van der Waals surface area contributed by atoms with Crippen LogP contribution in [0.5, 0.6) is 5.75 Å². The molecule has 0 fully saturated rings. The number of hydrogen-bond acceptors (Lipinski definition) is 5. The third-order valence-corrected chi connectivity index (χ3v) is 3.94. The molecule has 2 aromatic carbocycles. The third-order valence-electron chi connectivity index (χ3n) is 3.94. The van der Waals surface area contributed by atoms with Crippen LogP contribution in [-0.2, 0) is 6.42 Å². The maximum Gasteiger partial charge on any atom is 0.256 e. The molecule has 0 aliphatic heterocycles. The number of rotatable bonds is 4. The molecule has 0 aliphatic rings. The van der Waals surface area contributed by atoms with Gasteiger partial charge in [-0.3, -0.25) is 0 Å². The average molecular weight is 321 g/mol. The van der Waals surface area contributed by atoms with Crippen LogP contribution < -0.4 is 0 Å². The number of aliphatic hydroxyl groups excluding tert-OH is 1. The summed E-state index contributed by atoms with van der Waals surface area (Å²) in [5.74, 6) is 0.716. The third kappa shape index (κ3) is 2.63. The Morgan fingerprint density at radius 1 is 1.08 bits per heavy atom. The van der Waals surface area contributed by atoms with E-state index in [1.54, 1.807) is 24.3 Å². The van der Waals surface area contributed by atoms with Crippen LogP contribution in [0.25, 0.3) is 22.3 Å². The van der Waals surface area contributed by atoms with Crippen molar-refractivity contribution in [1.82, 2.24) is 15.1 Å². The topological polar surface area (TPSA) is 95.2 Å². The zero-order valence-corrected chi connectivity index (χ0v) is 12.7. The molecule has 0 saturated carbocycles. The Bertz CT molecular complexity index is 973. The van der Waals surface area contributed by atoms with E-state index >= 15 is 0 Å². The fourth-order valence-electron chi connectivity index (χ4n) is 2.69. The molecule has 0 spiro atoms. The number of phenolic OH excluding ortho intramolecular Hbond substituents is 1. The Labute approximate surface area is 137 Å². The van der Waals surface area contributed by atoms with Crippen LogP contribution in [0, 0.1) is 0 Å². The van der Waals surface area contributed by atoms with Crippen LogP contribution in [0.2, 0.25) is 0 Å². The van der Waals surface area contributed by atoms with Crippen molar-refractivity contribution in [2.45, 2.75) is 12.5 Å². The second-order valence-corrected chi connectivity index (χ2v) is 5.58. The van der Waals surface area contributed by atoms with Gasteiger partial charge in [-0.1, -0.05) is 23.4 Å². The molecule has 2 aromatic heterocycles. The van der Waals surface area contributed by atoms with Gasteiger partial charge in [-0.25, -0.2) is 0 Å². The smallest absolute Gasteiger partial charge is 0.256 e. The van der Waals surface area contributed by atoms with Crippen LogP contribution in [-0.4, -0.2) is 25.3 Å². The number of para-hydroxylation sites is 1. The standard InChI is InChI=1S/C18H15N3O3/c22-13-7-5-11(6-8-13)17-20-18(24-21-17)16(23)9-12-10-19-15-4-2-1-3-14(12)15/h1-8,10,16,19,22-23H,9H2. The van der Waals surface area contributed by atoms with E-state index in [2.05, 4.69) is 15.1 Å². The van der Waals surface area contributed by atoms with Crippen molar-refractivity contribution in [3.8, 4) is 17.1 Å². The number of aromatic hydroxyl groups is 1. The molecule has 4 rings (SSSR count). The number of nitrogens with one attached hydrogen (secondary N) is 1. The van der Waals surface area contributed by atoms with Gasteiger partial charge in [0.2, 0.25) is 5.82 Å².